The molecule has 0 spiro atoms. The first kappa shape index (κ1) is 22.0. The van der Waals surface area contributed by atoms with Crippen molar-refractivity contribution < 1.29 is 23.1 Å². The number of likely N-dealkylation sites (N-methyl/N-ethyl adjacent to an activating group) is 1. The van der Waals surface area contributed by atoms with Crippen molar-refractivity contribution in [3.05, 3.63) is 48.7 Å². The highest BCUT2D eigenvalue weighted by atomic mass is 32.2. The van der Waals surface area contributed by atoms with Gasteiger partial charge in [-0.15, -0.1) is 0 Å². The van der Waals surface area contributed by atoms with E-state index in [2.05, 4.69) is 16.3 Å². The van der Waals surface area contributed by atoms with Gasteiger partial charge in [-0.2, -0.15) is 0 Å². The van der Waals surface area contributed by atoms with Crippen LogP contribution in [-0.4, -0.2) is 70.3 Å². The molecule has 1 saturated heterocycles. The Morgan fingerprint density at radius 2 is 1.81 bits per heavy atom. The third kappa shape index (κ3) is 4.11. The van der Waals surface area contributed by atoms with Gasteiger partial charge in [-0.25, -0.2) is 12.4 Å². The van der Waals surface area contributed by atoms with E-state index >= 15 is 0 Å². The molecule has 2 N–H and O–H groups in total. The molecule has 0 saturated carbocycles. The monoisotopic (exact) mass is 458 g/mol. The van der Waals surface area contributed by atoms with E-state index in [-0.39, 0.29) is 11.4 Å². The zero-order valence-corrected chi connectivity index (χ0v) is 18.6. The van der Waals surface area contributed by atoms with Crippen LogP contribution in [0, 0.1) is 0 Å². The van der Waals surface area contributed by atoms with Crippen molar-refractivity contribution in [2.75, 3.05) is 56.2 Å². The summed E-state index contributed by atoms with van der Waals surface area (Å²) in [6.45, 7) is 4.78. The average Bonchev–Trinajstić information content (AvgIpc) is 3.24. The minimum absolute atomic E-state index is 0.250. The van der Waals surface area contributed by atoms with Gasteiger partial charge in [0.25, 0.3) is 16.5 Å². The number of benzene rings is 2. The number of nitrogens with one attached hydrogen (secondary N) is 1. The average molecular weight is 459 g/mol. The van der Waals surface area contributed by atoms with Crippen LogP contribution in [0.1, 0.15) is 0 Å². The lowest BCUT2D eigenvalue weighted by atomic mass is 10.2. The van der Waals surface area contributed by atoms with Crippen LogP contribution in [0.15, 0.2) is 53.6 Å². The van der Waals surface area contributed by atoms with E-state index in [1.165, 1.54) is 3.97 Å². The molecule has 0 amide bonds. The smallest absolute Gasteiger partial charge is 0.290 e. The zero-order valence-electron chi connectivity index (χ0n) is 17.8. The maximum atomic E-state index is 13.5. The minimum Gasteiger partial charge on any atom is -0.490 e. The van der Waals surface area contributed by atoms with Crippen molar-refractivity contribution in [1.82, 2.24) is 9.29 Å². The van der Waals surface area contributed by atoms with E-state index in [1.54, 1.807) is 24.4 Å². The third-order valence-corrected chi connectivity index (χ3v) is 7.39. The minimum atomic E-state index is -3.72. The number of hydrogen-bond donors (Lipinski definition) is 2. The van der Waals surface area contributed by atoms with E-state index in [0.29, 0.717) is 12.1 Å². The molecule has 32 heavy (non-hydrogen) atoms. The van der Waals surface area contributed by atoms with E-state index < -0.39 is 10.0 Å². The van der Waals surface area contributed by atoms with Crippen LogP contribution in [0.25, 0.3) is 10.9 Å². The quantitative estimate of drug-likeness (QED) is 0.573. The Morgan fingerprint density at radius 1 is 1.06 bits per heavy atom. The molecule has 0 unspecified atom stereocenters. The van der Waals surface area contributed by atoms with Crippen LogP contribution in [0.2, 0.25) is 0 Å². The molecule has 1 fully saturated rings. The van der Waals surface area contributed by atoms with Gasteiger partial charge in [0.2, 0.25) is 0 Å². The summed E-state index contributed by atoms with van der Waals surface area (Å²) in [6, 6.07) is 13.0. The van der Waals surface area contributed by atoms with Gasteiger partial charge in [0.1, 0.15) is 12.4 Å². The fourth-order valence-electron chi connectivity index (χ4n) is 4.03. The molecule has 10 heteroatoms. The fourth-order valence-corrected chi connectivity index (χ4v) is 5.39. The number of carboxylic acid groups (broad SMARTS) is 1. The largest absolute Gasteiger partial charge is 0.490 e. The van der Waals surface area contributed by atoms with Gasteiger partial charge in [-0.05, 0) is 36.4 Å². The fraction of sp³-hybridized carbons (Fsp3) is 0.318. The second-order valence-corrected chi connectivity index (χ2v) is 9.42. The van der Waals surface area contributed by atoms with Gasteiger partial charge >= 0.3 is 0 Å². The molecule has 2 aromatic carbocycles. The van der Waals surface area contributed by atoms with Gasteiger partial charge in [-0.1, -0.05) is 6.07 Å². The first-order valence-corrected chi connectivity index (χ1v) is 11.8. The number of piperazine rings is 1. The number of anilines is 2. The predicted octanol–water partition coefficient (Wildman–Crippen LogP) is 1.82. The summed E-state index contributed by atoms with van der Waals surface area (Å²) in [7, 11) is -1.78. The van der Waals surface area contributed by atoms with Crippen LogP contribution >= 0.6 is 0 Å². The number of ether oxygens (including phenoxy) is 1. The van der Waals surface area contributed by atoms with Crippen LogP contribution in [0.3, 0.4) is 0 Å². The third-order valence-electron chi connectivity index (χ3n) is 5.71. The summed E-state index contributed by atoms with van der Waals surface area (Å²) in [4.78, 5) is 12.9. The Bertz CT molecular complexity index is 1220. The summed E-state index contributed by atoms with van der Waals surface area (Å²) in [5.74, 6) is 0.719. The Balaban J connectivity index is 0.000000775. The van der Waals surface area contributed by atoms with Gasteiger partial charge in [0, 0.05) is 50.5 Å². The maximum absolute atomic E-state index is 13.5. The topological polar surface area (TPSA) is 104 Å². The summed E-state index contributed by atoms with van der Waals surface area (Å²) in [6.07, 6.45) is 1.64. The van der Waals surface area contributed by atoms with Crippen molar-refractivity contribution >= 4 is 38.8 Å². The number of rotatable bonds is 3. The second kappa shape index (κ2) is 9.09. The van der Waals surface area contributed by atoms with Crippen LogP contribution < -0.4 is 19.9 Å². The molecule has 1 aromatic heterocycles. The molecule has 0 atom stereocenters. The lowest BCUT2D eigenvalue weighted by molar-refractivity contribution is -0.122. The SMILES string of the molecule is CN1CCOc2ccc(S(=O)(=O)n3ccc4ccc(N5CCNCC5)cc43)cc21.O=CO. The Morgan fingerprint density at radius 3 is 2.56 bits per heavy atom. The molecule has 9 nitrogen and oxygen atoms in total. The van der Waals surface area contributed by atoms with Crippen molar-refractivity contribution in [1.29, 1.82) is 0 Å². The molecular formula is C22H26N4O5S. The van der Waals surface area contributed by atoms with Crippen molar-refractivity contribution in [3.8, 4) is 5.75 Å². The second-order valence-electron chi connectivity index (χ2n) is 7.60. The predicted molar refractivity (Wildman–Crippen MR) is 124 cm³/mol. The maximum Gasteiger partial charge on any atom is 0.290 e. The molecule has 170 valence electrons. The molecular weight excluding hydrogens is 432 g/mol. The van der Waals surface area contributed by atoms with Gasteiger partial charge < -0.3 is 25.0 Å². The normalized spacial score (nSPS) is 16.0. The number of aromatic nitrogens is 1. The summed E-state index contributed by atoms with van der Waals surface area (Å²) < 4.78 is 34.0. The lowest BCUT2D eigenvalue weighted by Crippen LogP contribution is -2.43. The Labute approximate surface area is 186 Å². The molecule has 0 radical (unpaired) electrons. The molecule has 2 aliphatic rings. The molecule has 0 aliphatic carbocycles. The van der Waals surface area contributed by atoms with Gasteiger partial charge in [0.15, 0.2) is 0 Å². The summed E-state index contributed by atoms with van der Waals surface area (Å²) >= 11 is 0. The van der Waals surface area contributed by atoms with E-state index in [4.69, 9.17) is 14.6 Å². The molecule has 0 bridgehead atoms. The molecule has 2 aliphatic heterocycles. The highest BCUT2D eigenvalue weighted by Crippen LogP contribution is 2.34. The van der Waals surface area contributed by atoms with Gasteiger partial charge in [0.05, 0.1) is 22.6 Å². The van der Waals surface area contributed by atoms with E-state index in [1.807, 2.05) is 30.1 Å². The Kier molecular flexibility index (Phi) is 6.24. The van der Waals surface area contributed by atoms with Crippen molar-refractivity contribution in [2.24, 2.45) is 0 Å². The molecule has 5 rings (SSSR count). The number of fused-ring (bicyclic) bond motifs is 2. The Hall–Kier alpha value is -3.24. The molecule has 3 aromatic rings. The zero-order chi connectivity index (χ0) is 22.7. The van der Waals surface area contributed by atoms with Crippen LogP contribution in [0.4, 0.5) is 11.4 Å². The highest BCUT2D eigenvalue weighted by Gasteiger charge is 2.24. The van der Waals surface area contributed by atoms with Crippen LogP contribution in [0.5, 0.6) is 5.75 Å². The summed E-state index contributed by atoms with van der Waals surface area (Å²) in [5, 5.41) is 11.1. The standard InChI is InChI=1S/C21H24N4O3S.CH2O2/c1-23-12-13-28-21-5-4-18(15-20(21)23)29(26,27)25-9-6-16-2-3-17(14-19(16)25)24-10-7-22-8-11-24;2-1-3/h2-6,9,14-15,22H,7-8,10-13H2,1H3;1H,(H,2,3). The van der Waals surface area contributed by atoms with Crippen LogP contribution in [-0.2, 0) is 14.8 Å². The lowest BCUT2D eigenvalue weighted by Gasteiger charge is -2.29. The first-order valence-electron chi connectivity index (χ1n) is 10.3. The number of nitrogens with zero attached hydrogens (tertiary/aromatic N) is 3. The number of hydrogen-bond acceptors (Lipinski definition) is 7. The molecule has 3 heterocycles. The number of carbonyl (C=O) groups is 1. The van der Waals surface area contributed by atoms with E-state index in [0.717, 1.165) is 55.2 Å². The van der Waals surface area contributed by atoms with Gasteiger partial charge in [-0.3, -0.25) is 4.79 Å². The van der Waals surface area contributed by atoms with E-state index in [9.17, 15) is 8.42 Å². The van der Waals surface area contributed by atoms with Crippen molar-refractivity contribution in [3.63, 3.8) is 0 Å². The summed E-state index contributed by atoms with van der Waals surface area (Å²) in [5.41, 5.74) is 2.55. The van der Waals surface area contributed by atoms with Crippen molar-refractivity contribution in [2.45, 2.75) is 4.90 Å². The first-order chi connectivity index (χ1) is 15.5. The highest BCUT2D eigenvalue weighted by molar-refractivity contribution is 7.90.